The molecule has 1 aromatic heterocycles. The van der Waals surface area contributed by atoms with E-state index in [1.165, 1.54) is 52.9 Å². The van der Waals surface area contributed by atoms with Gasteiger partial charge in [-0.1, -0.05) is 41.3 Å². The van der Waals surface area contributed by atoms with Crippen molar-refractivity contribution in [2.24, 2.45) is 0 Å². The minimum absolute atomic E-state index is 0.0225. The third kappa shape index (κ3) is 4.63. The highest BCUT2D eigenvalue weighted by Gasteiger charge is 2.22. The van der Waals surface area contributed by atoms with Crippen molar-refractivity contribution in [3.63, 3.8) is 0 Å². The number of aromatic nitrogens is 2. The SMILES string of the molecule is O=C(Nc1nnc(SCC(=O)N2CCCc3ccccc32)s1)c1ccc(F)cc1. The number of thioether (sulfide) groups is 1. The van der Waals surface area contributed by atoms with Crippen molar-refractivity contribution in [3.8, 4) is 0 Å². The number of para-hydroxylation sites is 1. The number of halogens is 1. The summed E-state index contributed by atoms with van der Waals surface area (Å²) in [4.78, 5) is 26.7. The number of carbonyl (C=O) groups excluding carboxylic acids is 2. The summed E-state index contributed by atoms with van der Waals surface area (Å²) in [6.07, 6.45) is 1.94. The van der Waals surface area contributed by atoms with Crippen LogP contribution in [-0.2, 0) is 11.2 Å². The average Bonchev–Trinajstić information content (AvgIpc) is 3.19. The number of fused-ring (bicyclic) bond motifs is 1. The predicted molar refractivity (Wildman–Crippen MR) is 112 cm³/mol. The lowest BCUT2D eigenvalue weighted by atomic mass is 10.0. The molecule has 2 aromatic carbocycles. The Kier molecular flexibility index (Phi) is 5.86. The van der Waals surface area contributed by atoms with Gasteiger partial charge in [-0.05, 0) is 48.7 Å². The number of nitrogens with one attached hydrogen (secondary N) is 1. The first kappa shape index (κ1) is 19.5. The van der Waals surface area contributed by atoms with Crippen molar-refractivity contribution in [2.45, 2.75) is 17.2 Å². The van der Waals surface area contributed by atoms with Crippen LogP contribution in [0, 0.1) is 5.82 Å². The van der Waals surface area contributed by atoms with Crippen LogP contribution < -0.4 is 10.2 Å². The summed E-state index contributed by atoms with van der Waals surface area (Å²) in [6.45, 7) is 0.714. The van der Waals surface area contributed by atoms with Gasteiger partial charge in [0.15, 0.2) is 4.34 Å². The molecule has 1 aliphatic heterocycles. The largest absolute Gasteiger partial charge is 0.311 e. The molecule has 4 rings (SSSR count). The number of hydrogen-bond donors (Lipinski definition) is 1. The quantitative estimate of drug-likeness (QED) is 0.491. The van der Waals surface area contributed by atoms with Gasteiger partial charge in [0.05, 0.1) is 5.75 Å². The second-order valence-corrected chi connectivity index (χ2v) is 8.60. The fourth-order valence-electron chi connectivity index (χ4n) is 3.08. The highest BCUT2D eigenvalue weighted by atomic mass is 32.2. The van der Waals surface area contributed by atoms with Crippen LogP contribution in [0.2, 0.25) is 0 Å². The molecule has 0 saturated heterocycles. The Labute approximate surface area is 175 Å². The lowest BCUT2D eigenvalue weighted by molar-refractivity contribution is -0.116. The first-order chi connectivity index (χ1) is 14.1. The number of anilines is 2. The van der Waals surface area contributed by atoms with Crippen LogP contribution in [0.25, 0.3) is 0 Å². The van der Waals surface area contributed by atoms with Crippen molar-refractivity contribution >= 4 is 45.7 Å². The molecule has 29 heavy (non-hydrogen) atoms. The van der Waals surface area contributed by atoms with E-state index in [1.54, 1.807) is 0 Å². The van der Waals surface area contributed by atoms with Crippen LogP contribution in [0.3, 0.4) is 0 Å². The second-order valence-electron chi connectivity index (χ2n) is 6.40. The Bertz CT molecular complexity index is 1040. The predicted octanol–water partition coefficient (Wildman–Crippen LogP) is 4.00. The lowest BCUT2D eigenvalue weighted by Crippen LogP contribution is -2.36. The van der Waals surface area contributed by atoms with E-state index in [0.29, 0.717) is 21.6 Å². The number of hydrogen-bond acceptors (Lipinski definition) is 6. The molecule has 0 radical (unpaired) electrons. The maximum Gasteiger partial charge on any atom is 0.257 e. The highest BCUT2D eigenvalue weighted by molar-refractivity contribution is 8.01. The maximum absolute atomic E-state index is 13.0. The Balaban J connectivity index is 1.34. The van der Waals surface area contributed by atoms with Gasteiger partial charge in [-0.2, -0.15) is 0 Å². The van der Waals surface area contributed by atoms with E-state index in [1.807, 2.05) is 23.1 Å². The topological polar surface area (TPSA) is 75.2 Å². The van der Waals surface area contributed by atoms with Crippen molar-refractivity contribution in [2.75, 3.05) is 22.5 Å². The molecule has 0 spiro atoms. The van der Waals surface area contributed by atoms with Gasteiger partial charge in [-0.25, -0.2) is 4.39 Å². The summed E-state index contributed by atoms with van der Waals surface area (Å²) in [7, 11) is 0. The monoisotopic (exact) mass is 428 g/mol. The zero-order chi connectivity index (χ0) is 20.2. The summed E-state index contributed by atoms with van der Waals surface area (Å²) >= 11 is 2.49. The van der Waals surface area contributed by atoms with Crippen LogP contribution in [0.5, 0.6) is 0 Å². The summed E-state index contributed by atoms with van der Waals surface area (Å²) in [6, 6.07) is 13.2. The Morgan fingerprint density at radius 1 is 1.14 bits per heavy atom. The zero-order valence-corrected chi connectivity index (χ0v) is 16.9. The van der Waals surface area contributed by atoms with Crippen molar-refractivity contribution in [1.29, 1.82) is 0 Å². The van der Waals surface area contributed by atoms with Gasteiger partial charge in [0.1, 0.15) is 5.82 Å². The molecule has 0 unspecified atom stereocenters. The summed E-state index contributed by atoms with van der Waals surface area (Å²) < 4.78 is 13.6. The minimum atomic E-state index is -0.405. The van der Waals surface area contributed by atoms with Gasteiger partial charge in [0, 0.05) is 17.8 Å². The molecule has 3 aromatic rings. The summed E-state index contributed by atoms with van der Waals surface area (Å²) in [5.41, 5.74) is 2.50. The molecular formula is C20H17FN4O2S2. The van der Waals surface area contributed by atoms with Crippen LogP contribution in [0.1, 0.15) is 22.3 Å². The Hall–Kier alpha value is -2.78. The van der Waals surface area contributed by atoms with Crippen LogP contribution >= 0.6 is 23.1 Å². The van der Waals surface area contributed by atoms with Crippen LogP contribution in [-0.4, -0.2) is 34.3 Å². The van der Waals surface area contributed by atoms with E-state index in [0.717, 1.165) is 18.5 Å². The van der Waals surface area contributed by atoms with Gasteiger partial charge in [-0.15, -0.1) is 10.2 Å². The van der Waals surface area contributed by atoms with Gasteiger partial charge in [-0.3, -0.25) is 14.9 Å². The molecule has 0 fully saturated rings. The molecule has 2 heterocycles. The molecule has 148 valence electrons. The van der Waals surface area contributed by atoms with Crippen molar-refractivity contribution in [3.05, 3.63) is 65.5 Å². The van der Waals surface area contributed by atoms with E-state index < -0.39 is 11.7 Å². The molecule has 0 atom stereocenters. The van der Waals surface area contributed by atoms with Gasteiger partial charge < -0.3 is 4.90 Å². The fraction of sp³-hybridized carbons (Fsp3) is 0.200. The molecule has 0 saturated carbocycles. The first-order valence-electron chi connectivity index (χ1n) is 9.01. The van der Waals surface area contributed by atoms with E-state index >= 15 is 0 Å². The highest BCUT2D eigenvalue weighted by Crippen LogP contribution is 2.30. The minimum Gasteiger partial charge on any atom is -0.311 e. The Morgan fingerprint density at radius 3 is 2.76 bits per heavy atom. The number of aryl methyl sites for hydroxylation is 1. The zero-order valence-electron chi connectivity index (χ0n) is 15.3. The van der Waals surface area contributed by atoms with E-state index in [-0.39, 0.29) is 11.7 Å². The molecule has 1 N–H and O–H groups in total. The number of carbonyl (C=O) groups is 2. The third-order valence-electron chi connectivity index (χ3n) is 4.46. The molecule has 6 nitrogen and oxygen atoms in total. The number of nitrogens with zero attached hydrogens (tertiary/aromatic N) is 3. The molecular weight excluding hydrogens is 411 g/mol. The number of benzene rings is 2. The normalized spacial score (nSPS) is 13.1. The number of amides is 2. The number of rotatable bonds is 5. The Morgan fingerprint density at radius 2 is 1.93 bits per heavy atom. The standard InChI is InChI=1S/C20H17FN4O2S2/c21-15-9-7-14(8-10-15)18(27)22-19-23-24-20(29-19)28-12-17(26)25-11-3-5-13-4-1-2-6-16(13)25/h1-2,4,6-10H,3,5,11-12H2,(H,22,23,27). The molecule has 0 bridgehead atoms. The van der Waals surface area contributed by atoms with Gasteiger partial charge in [0.25, 0.3) is 5.91 Å². The van der Waals surface area contributed by atoms with Crippen molar-refractivity contribution in [1.82, 2.24) is 10.2 Å². The van der Waals surface area contributed by atoms with Crippen LogP contribution in [0.4, 0.5) is 15.2 Å². The maximum atomic E-state index is 13.0. The van der Waals surface area contributed by atoms with Crippen molar-refractivity contribution < 1.29 is 14.0 Å². The van der Waals surface area contributed by atoms with Gasteiger partial charge in [0.2, 0.25) is 11.0 Å². The van der Waals surface area contributed by atoms with E-state index in [2.05, 4.69) is 21.6 Å². The third-order valence-corrected chi connectivity index (χ3v) is 6.42. The second kappa shape index (κ2) is 8.71. The molecule has 1 aliphatic rings. The molecule has 9 heteroatoms. The summed E-state index contributed by atoms with van der Waals surface area (Å²) in [5, 5.41) is 10.9. The van der Waals surface area contributed by atoms with E-state index in [9.17, 15) is 14.0 Å². The average molecular weight is 429 g/mol. The first-order valence-corrected chi connectivity index (χ1v) is 10.8. The van der Waals surface area contributed by atoms with E-state index in [4.69, 9.17) is 0 Å². The molecule has 2 amide bonds. The smallest absolute Gasteiger partial charge is 0.257 e. The summed E-state index contributed by atoms with van der Waals surface area (Å²) in [5.74, 6) is -0.528. The van der Waals surface area contributed by atoms with Gasteiger partial charge >= 0.3 is 0 Å². The van der Waals surface area contributed by atoms with Crippen LogP contribution in [0.15, 0.2) is 52.9 Å². The molecule has 0 aliphatic carbocycles. The fourth-order valence-corrected chi connectivity index (χ4v) is 4.71. The lowest BCUT2D eigenvalue weighted by Gasteiger charge is -2.29.